The number of aromatic nitrogens is 2. The molecule has 0 saturated heterocycles. The van der Waals surface area contributed by atoms with E-state index in [1.165, 1.54) is 18.2 Å². The summed E-state index contributed by atoms with van der Waals surface area (Å²) in [5, 5.41) is 2.92. The molecular weight excluding hydrogens is 386 g/mol. The first-order chi connectivity index (χ1) is 9.42. The normalized spacial score (nSPS) is 11.2. The van der Waals surface area contributed by atoms with Gasteiger partial charge >= 0.3 is 6.36 Å². The van der Waals surface area contributed by atoms with Gasteiger partial charge in [0.15, 0.2) is 0 Å². The summed E-state index contributed by atoms with van der Waals surface area (Å²) in [5.74, 6) is 0.160. The van der Waals surface area contributed by atoms with Crippen LogP contribution in [0.3, 0.4) is 0 Å². The van der Waals surface area contributed by atoms with Gasteiger partial charge in [0.1, 0.15) is 5.75 Å². The molecule has 0 atom stereocenters. The van der Waals surface area contributed by atoms with Gasteiger partial charge in [-0.05, 0) is 40.3 Å². The summed E-state index contributed by atoms with van der Waals surface area (Å²) in [6.07, 6.45) is -1.41. The van der Waals surface area contributed by atoms with E-state index in [0.29, 0.717) is 18.1 Å². The van der Waals surface area contributed by atoms with Crippen LogP contribution in [0.4, 0.5) is 19.1 Å². The summed E-state index contributed by atoms with van der Waals surface area (Å²) in [4.78, 5) is 8.07. The van der Waals surface area contributed by atoms with Gasteiger partial charge in [0.05, 0.1) is 0 Å². The molecule has 2 rings (SSSR count). The van der Waals surface area contributed by atoms with E-state index in [1.807, 2.05) is 0 Å². The van der Waals surface area contributed by atoms with Gasteiger partial charge in [-0.2, -0.15) is 0 Å². The van der Waals surface area contributed by atoms with Crippen LogP contribution in [0.2, 0.25) is 0 Å². The second kappa shape index (κ2) is 6.25. The number of alkyl halides is 3. The van der Waals surface area contributed by atoms with Gasteiger partial charge in [0.25, 0.3) is 0 Å². The molecule has 1 aromatic heterocycles. The Bertz CT molecular complexity index is 575. The fraction of sp³-hybridized carbons (Fsp3) is 0.167. The second-order valence-corrected chi connectivity index (χ2v) is 5.02. The summed E-state index contributed by atoms with van der Waals surface area (Å²) in [7, 11) is 0. The SMILES string of the molecule is FC(F)(F)Oc1cccc(CNc2ncc(I)cn2)c1. The summed E-state index contributed by atoms with van der Waals surface area (Å²) < 4.78 is 41.1. The lowest BCUT2D eigenvalue weighted by atomic mass is 10.2. The van der Waals surface area contributed by atoms with Gasteiger partial charge in [-0.1, -0.05) is 12.1 Å². The maximum Gasteiger partial charge on any atom is 0.573 e. The third kappa shape index (κ3) is 4.83. The second-order valence-electron chi connectivity index (χ2n) is 3.77. The van der Waals surface area contributed by atoms with E-state index >= 15 is 0 Å². The number of hydrogen-bond donors (Lipinski definition) is 1. The number of nitrogens with zero attached hydrogens (tertiary/aromatic N) is 2. The molecule has 0 fully saturated rings. The number of rotatable bonds is 4. The quantitative estimate of drug-likeness (QED) is 0.805. The van der Waals surface area contributed by atoms with Crippen LogP contribution in [-0.2, 0) is 6.54 Å². The van der Waals surface area contributed by atoms with Crippen LogP contribution in [0.15, 0.2) is 36.7 Å². The Morgan fingerprint density at radius 3 is 2.55 bits per heavy atom. The Morgan fingerprint density at radius 2 is 1.90 bits per heavy atom. The molecule has 8 heteroatoms. The Labute approximate surface area is 126 Å². The fourth-order valence-corrected chi connectivity index (χ4v) is 1.72. The minimum atomic E-state index is -4.69. The van der Waals surface area contributed by atoms with Crippen molar-refractivity contribution >= 4 is 28.5 Å². The zero-order chi connectivity index (χ0) is 14.6. The standard InChI is InChI=1S/C12H9F3IN3O/c13-12(14,15)20-10-3-1-2-8(4-10)5-17-11-18-6-9(16)7-19-11/h1-4,6-7H,5H2,(H,17,18,19). The van der Waals surface area contributed by atoms with Crippen LogP contribution in [-0.4, -0.2) is 16.3 Å². The lowest BCUT2D eigenvalue weighted by Gasteiger charge is -2.10. The van der Waals surface area contributed by atoms with Crippen molar-refractivity contribution in [1.29, 1.82) is 0 Å². The van der Waals surface area contributed by atoms with Crippen molar-refractivity contribution < 1.29 is 17.9 Å². The van der Waals surface area contributed by atoms with E-state index in [-0.39, 0.29) is 5.75 Å². The number of hydrogen-bond acceptors (Lipinski definition) is 4. The molecule has 4 nitrogen and oxygen atoms in total. The van der Waals surface area contributed by atoms with Gasteiger partial charge < -0.3 is 10.1 Å². The molecule has 20 heavy (non-hydrogen) atoms. The Kier molecular flexibility index (Phi) is 4.63. The topological polar surface area (TPSA) is 47.0 Å². The van der Waals surface area contributed by atoms with Crippen molar-refractivity contribution in [2.75, 3.05) is 5.32 Å². The highest BCUT2D eigenvalue weighted by Crippen LogP contribution is 2.23. The number of nitrogens with one attached hydrogen (secondary N) is 1. The van der Waals surface area contributed by atoms with Gasteiger partial charge in [0, 0.05) is 22.5 Å². The monoisotopic (exact) mass is 395 g/mol. The third-order valence-corrected chi connectivity index (χ3v) is 2.76. The molecule has 1 heterocycles. The highest BCUT2D eigenvalue weighted by molar-refractivity contribution is 14.1. The molecule has 0 radical (unpaired) electrons. The van der Waals surface area contributed by atoms with Gasteiger partial charge in [-0.3, -0.25) is 0 Å². The van der Waals surface area contributed by atoms with E-state index in [1.54, 1.807) is 18.5 Å². The fourth-order valence-electron chi connectivity index (χ4n) is 1.44. The van der Waals surface area contributed by atoms with Crippen molar-refractivity contribution in [3.8, 4) is 5.75 Å². The van der Waals surface area contributed by atoms with Crippen LogP contribution in [0.5, 0.6) is 5.75 Å². The Hall–Kier alpha value is -1.58. The van der Waals surface area contributed by atoms with E-state index in [4.69, 9.17) is 0 Å². The maximum atomic E-state index is 12.1. The largest absolute Gasteiger partial charge is 0.573 e. The molecule has 2 aromatic rings. The van der Waals surface area contributed by atoms with E-state index in [0.717, 1.165) is 3.57 Å². The predicted molar refractivity (Wildman–Crippen MR) is 75.2 cm³/mol. The van der Waals surface area contributed by atoms with Crippen molar-refractivity contribution in [2.24, 2.45) is 0 Å². The molecule has 0 bridgehead atoms. The molecule has 106 valence electrons. The first kappa shape index (κ1) is 14.8. The highest BCUT2D eigenvalue weighted by Gasteiger charge is 2.31. The predicted octanol–water partition coefficient (Wildman–Crippen LogP) is 3.59. The van der Waals surface area contributed by atoms with Crippen molar-refractivity contribution in [3.05, 3.63) is 45.8 Å². The lowest BCUT2D eigenvalue weighted by molar-refractivity contribution is -0.274. The minimum Gasteiger partial charge on any atom is -0.406 e. The molecule has 0 aliphatic carbocycles. The number of anilines is 1. The van der Waals surface area contributed by atoms with Crippen LogP contribution in [0.1, 0.15) is 5.56 Å². The summed E-state index contributed by atoms with van der Waals surface area (Å²) in [5.41, 5.74) is 0.633. The minimum absolute atomic E-state index is 0.250. The van der Waals surface area contributed by atoms with Crippen molar-refractivity contribution in [3.63, 3.8) is 0 Å². The molecule has 0 amide bonds. The zero-order valence-electron chi connectivity index (χ0n) is 9.99. The number of benzene rings is 1. The average Bonchev–Trinajstić information content (AvgIpc) is 2.36. The molecule has 1 N–H and O–H groups in total. The molecular formula is C12H9F3IN3O. The van der Waals surface area contributed by atoms with Gasteiger partial charge in [0.2, 0.25) is 5.95 Å². The third-order valence-electron chi connectivity index (χ3n) is 2.20. The molecule has 0 aliphatic heterocycles. The smallest absolute Gasteiger partial charge is 0.406 e. The summed E-state index contributed by atoms with van der Waals surface area (Å²) in [6, 6.07) is 5.74. The lowest BCUT2D eigenvalue weighted by Crippen LogP contribution is -2.17. The first-order valence-corrected chi connectivity index (χ1v) is 6.56. The zero-order valence-corrected chi connectivity index (χ0v) is 12.1. The summed E-state index contributed by atoms with van der Waals surface area (Å²) >= 11 is 2.08. The van der Waals surface area contributed by atoms with E-state index in [2.05, 4.69) is 42.6 Å². The molecule has 0 saturated carbocycles. The van der Waals surface area contributed by atoms with Gasteiger partial charge in [-0.15, -0.1) is 13.2 Å². The van der Waals surface area contributed by atoms with Crippen molar-refractivity contribution in [2.45, 2.75) is 12.9 Å². The van der Waals surface area contributed by atoms with Crippen LogP contribution in [0.25, 0.3) is 0 Å². The van der Waals surface area contributed by atoms with Crippen LogP contribution < -0.4 is 10.1 Å². The summed E-state index contributed by atoms with van der Waals surface area (Å²) in [6.45, 7) is 0.301. The molecule has 0 unspecified atom stereocenters. The number of ether oxygens (including phenoxy) is 1. The maximum absolute atomic E-state index is 12.1. The highest BCUT2D eigenvalue weighted by atomic mass is 127. The van der Waals surface area contributed by atoms with Gasteiger partial charge in [-0.25, -0.2) is 9.97 Å². The van der Waals surface area contributed by atoms with Crippen LogP contribution in [0, 0.1) is 3.57 Å². The Balaban J connectivity index is 1.99. The molecule has 0 spiro atoms. The molecule has 1 aromatic carbocycles. The van der Waals surface area contributed by atoms with Crippen LogP contribution >= 0.6 is 22.6 Å². The van der Waals surface area contributed by atoms with E-state index in [9.17, 15) is 13.2 Å². The van der Waals surface area contributed by atoms with E-state index < -0.39 is 6.36 Å². The first-order valence-electron chi connectivity index (χ1n) is 5.48. The molecule has 0 aliphatic rings. The average molecular weight is 395 g/mol. The number of halogens is 4. The van der Waals surface area contributed by atoms with Crippen molar-refractivity contribution in [1.82, 2.24) is 9.97 Å². The Morgan fingerprint density at radius 1 is 1.20 bits per heavy atom.